The van der Waals surface area contributed by atoms with Crippen LogP contribution in [0.25, 0.3) is 11.2 Å². The molecule has 15 heavy (non-hydrogen) atoms. The lowest BCUT2D eigenvalue weighted by Crippen LogP contribution is -2.41. The Balaban J connectivity index is 3.05. The van der Waals surface area contributed by atoms with Crippen LogP contribution in [-0.4, -0.2) is 18.7 Å². The minimum Gasteiger partial charge on any atom is -0.328 e. The van der Waals surface area contributed by atoms with Gasteiger partial charge in [0, 0.05) is 15.4 Å². The predicted molar refractivity (Wildman–Crippen MR) is 54.4 cm³/mol. The number of hydrogen-bond acceptors (Lipinski definition) is 4. The molecule has 0 aliphatic heterocycles. The highest BCUT2D eigenvalue weighted by atomic mass is 16.2. The summed E-state index contributed by atoms with van der Waals surface area (Å²) >= 11 is 0. The van der Waals surface area contributed by atoms with E-state index in [0.29, 0.717) is 4.57 Å². The second-order valence-corrected chi connectivity index (χ2v) is 3.05. The summed E-state index contributed by atoms with van der Waals surface area (Å²) in [5, 5.41) is 0. The molecule has 2 N–H and O–H groups in total. The molecule has 2 aromatic heterocycles. The lowest BCUT2D eigenvalue weighted by Gasteiger charge is -2.05. The van der Waals surface area contributed by atoms with Crippen LogP contribution in [0.3, 0.4) is 0 Å². The molecule has 7 nitrogen and oxygen atoms in total. The lowest BCUT2D eigenvalue weighted by atomic mass is 10.5. The van der Waals surface area contributed by atoms with Crippen LogP contribution in [0.4, 0.5) is 0 Å². The molecule has 0 bridgehead atoms. The molecule has 7 heteroatoms. The van der Waals surface area contributed by atoms with E-state index < -0.39 is 17.9 Å². The van der Waals surface area contributed by atoms with Crippen molar-refractivity contribution >= 4 is 11.2 Å². The van der Waals surface area contributed by atoms with Gasteiger partial charge in [-0.25, -0.2) is 14.3 Å². The number of nitrogens with two attached hydrogens (primary N) is 1. The predicted octanol–water partition coefficient (Wildman–Crippen LogP) is -1.65. The summed E-state index contributed by atoms with van der Waals surface area (Å²) < 4.78 is 17.6. The highest BCUT2D eigenvalue weighted by molar-refractivity contribution is 5.69. The Bertz CT molecular complexity index is 684. The third-order valence-electron chi connectivity index (χ3n) is 2.20. The van der Waals surface area contributed by atoms with Crippen molar-refractivity contribution in [3.8, 4) is 0 Å². The minimum absolute atomic E-state index is 0.102. The topological polar surface area (TPSA) is 87.8 Å². The fourth-order valence-corrected chi connectivity index (χ4v) is 1.42. The first-order valence-corrected chi connectivity index (χ1v) is 4.12. The Labute approximate surface area is 87.2 Å². The molecule has 2 heterocycles. The Morgan fingerprint density at radius 1 is 1.67 bits per heavy atom. The summed E-state index contributed by atoms with van der Waals surface area (Å²) in [6, 6.07) is 0. The number of imidazole rings is 1. The number of aryl methyl sites for hydroxylation is 2. The largest absolute Gasteiger partial charge is 0.333 e. The summed E-state index contributed by atoms with van der Waals surface area (Å²) in [4.78, 5) is 27.7. The maximum atomic E-state index is 12.0. The lowest BCUT2D eigenvalue weighted by molar-refractivity contribution is 0.619. The minimum atomic E-state index is -1.47. The normalized spacial score (nSPS) is 15.1. The van der Waals surface area contributed by atoms with Crippen LogP contribution in [-0.2, 0) is 20.7 Å². The van der Waals surface area contributed by atoms with Crippen LogP contribution in [0, 0.1) is 0 Å². The van der Waals surface area contributed by atoms with Gasteiger partial charge in [0.05, 0.1) is 14.3 Å². The molecule has 2 aromatic rings. The molecule has 0 fully saturated rings. The maximum Gasteiger partial charge on any atom is 0.333 e. The third kappa shape index (κ3) is 1.13. The average molecular weight is 211 g/mol. The van der Waals surface area contributed by atoms with E-state index in [-0.39, 0.29) is 18.2 Å². The van der Waals surface area contributed by atoms with Crippen LogP contribution < -0.4 is 17.0 Å². The fourth-order valence-electron chi connectivity index (χ4n) is 1.42. The van der Waals surface area contributed by atoms with E-state index in [1.807, 2.05) is 0 Å². The molecule has 0 radical (unpaired) electrons. The highest BCUT2D eigenvalue weighted by Crippen LogP contribution is 2.02. The Morgan fingerprint density at radius 2 is 2.40 bits per heavy atom. The molecule has 0 aliphatic rings. The van der Waals surface area contributed by atoms with Gasteiger partial charge in [-0.1, -0.05) is 0 Å². The van der Waals surface area contributed by atoms with Crippen molar-refractivity contribution in [3.05, 3.63) is 27.2 Å². The molecule has 0 aliphatic carbocycles. The molecule has 1 unspecified atom stereocenters. The van der Waals surface area contributed by atoms with Gasteiger partial charge in [0.15, 0.2) is 11.2 Å². The van der Waals surface area contributed by atoms with E-state index in [1.54, 1.807) is 0 Å². The summed E-state index contributed by atoms with van der Waals surface area (Å²) in [7, 11) is 1.24. The number of aromatic nitrogens is 4. The van der Waals surface area contributed by atoms with Gasteiger partial charge in [0.25, 0.3) is 5.56 Å². The van der Waals surface area contributed by atoms with Crippen LogP contribution >= 0.6 is 0 Å². The number of hydrogen-bond donors (Lipinski definition) is 1. The van der Waals surface area contributed by atoms with Crippen molar-refractivity contribution in [2.24, 2.45) is 19.8 Å². The van der Waals surface area contributed by atoms with E-state index in [1.165, 1.54) is 17.9 Å². The molecule has 0 saturated heterocycles. The summed E-state index contributed by atoms with van der Waals surface area (Å²) in [6.07, 6.45) is 1.30. The van der Waals surface area contributed by atoms with Crippen molar-refractivity contribution < 1.29 is 2.74 Å². The third-order valence-corrected chi connectivity index (χ3v) is 2.20. The zero-order valence-electron chi connectivity index (χ0n) is 10.0. The average Bonchev–Trinajstić information content (AvgIpc) is 2.69. The van der Waals surface area contributed by atoms with Gasteiger partial charge in [-0.3, -0.25) is 9.36 Å². The van der Waals surface area contributed by atoms with Gasteiger partial charge in [-0.2, -0.15) is 0 Å². The van der Waals surface area contributed by atoms with Crippen LogP contribution in [0.15, 0.2) is 15.9 Å². The van der Waals surface area contributed by atoms with Gasteiger partial charge in [0.2, 0.25) is 0 Å². The van der Waals surface area contributed by atoms with E-state index >= 15 is 0 Å². The second-order valence-electron chi connectivity index (χ2n) is 3.05. The molecule has 80 valence electrons. The zero-order chi connectivity index (χ0) is 12.7. The van der Waals surface area contributed by atoms with Gasteiger partial charge in [0.1, 0.15) is 0 Å². The first-order chi connectivity index (χ1) is 7.99. The van der Waals surface area contributed by atoms with Crippen LogP contribution in [0.1, 0.15) is 2.74 Å². The molecular weight excluding hydrogens is 198 g/mol. The van der Waals surface area contributed by atoms with Crippen LogP contribution in [0.2, 0.25) is 0 Å². The molecule has 2 rings (SSSR count). The first kappa shape index (κ1) is 7.41. The van der Waals surface area contributed by atoms with Crippen LogP contribution in [0.5, 0.6) is 0 Å². The fraction of sp³-hybridized carbons (Fsp3) is 0.375. The van der Waals surface area contributed by atoms with Gasteiger partial charge >= 0.3 is 5.69 Å². The van der Waals surface area contributed by atoms with E-state index in [9.17, 15) is 9.59 Å². The van der Waals surface area contributed by atoms with Crippen molar-refractivity contribution in [2.75, 3.05) is 0 Å². The summed E-state index contributed by atoms with van der Waals surface area (Å²) in [5.74, 6) is 0. The van der Waals surface area contributed by atoms with Crippen molar-refractivity contribution in [2.45, 2.75) is 6.64 Å². The molecule has 0 spiro atoms. The Kier molecular flexibility index (Phi) is 1.51. The Hall–Kier alpha value is -1.89. The molecule has 0 amide bonds. The van der Waals surface area contributed by atoms with Crippen molar-refractivity contribution in [1.29, 1.82) is 0 Å². The summed E-state index contributed by atoms with van der Waals surface area (Å²) in [5.41, 5.74) is 4.17. The SMILES string of the molecule is [2H]Cn1cnc2c1c(=O)n(C([2H])N)c(=O)n2C. The standard InChI is InChI=1S/C8H11N5O2/c1-11-4-10-6-5(11)7(14)13(3-9)8(15)12(6)2/h4H,3,9H2,1-2H3/i1D,3D. The van der Waals surface area contributed by atoms with E-state index in [0.717, 1.165) is 4.57 Å². The number of fused-ring (bicyclic) bond motifs is 1. The van der Waals surface area contributed by atoms with Crippen molar-refractivity contribution in [3.63, 3.8) is 0 Å². The molecule has 1 atom stereocenters. The number of nitrogens with zero attached hydrogens (tertiary/aromatic N) is 4. The number of rotatable bonds is 1. The Morgan fingerprint density at radius 3 is 3.00 bits per heavy atom. The monoisotopic (exact) mass is 211 g/mol. The molecule has 0 saturated carbocycles. The van der Waals surface area contributed by atoms with Crippen molar-refractivity contribution in [1.82, 2.24) is 18.7 Å². The van der Waals surface area contributed by atoms with Gasteiger partial charge in [-0.15, -0.1) is 0 Å². The smallest absolute Gasteiger partial charge is 0.328 e. The summed E-state index contributed by atoms with van der Waals surface area (Å²) in [6.45, 7) is -1.47. The van der Waals surface area contributed by atoms with Gasteiger partial charge < -0.3 is 10.3 Å². The van der Waals surface area contributed by atoms with E-state index in [2.05, 4.69) is 4.98 Å². The quantitative estimate of drug-likeness (QED) is 0.612. The van der Waals surface area contributed by atoms with Gasteiger partial charge in [-0.05, 0) is 0 Å². The zero-order valence-corrected chi connectivity index (χ0v) is 8.04. The first-order valence-electron chi connectivity index (χ1n) is 5.41. The highest BCUT2D eigenvalue weighted by Gasteiger charge is 2.13. The van der Waals surface area contributed by atoms with E-state index in [4.69, 9.17) is 8.48 Å². The second kappa shape index (κ2) is 3.06. The maximum absolute atomic E-state index is 12.0. The molecular formula is C8H11N5O2. The molecule has 0 aromatic carbocycles.